The molecule has 1 saturated heterocycles. The molecule has 7 heteroatoms. The van der Waals surface area contributed by atoms with E-state index in [0.717, 1.165) is 36.4 Å². The number of hydrogen-bond acceptors (Lipinski definition) is 5. The minimum Gasteiger partial charge on any atom is -0.355 e. The molecule has 24 heavy (non-hydrogen) atoms. The van der Waals surface area contributed by atoms with Crippen LogP contribution in [0.2, 0.25) is 5.02 Å². The number of benzene rings is 1. The van der Waals surface area contributed by atoms with E-state index >= 15 is 0 Å². The number of nitrogens with zero attached hydrogens (tertiary/aromatic N) is 3. The van der Waals surface area contributed by atoms with Crippen LogP contribution in [-0.2, 0) is 11.2 Å². The molecule has 3 rings (SSSR count). The first-order valence-corrected chi connectivity index (χ1v) is 8.55. The van der Waals surface area contributed by atoms with E-state index in [9.17, 15) is 4.79 Å². The second-order valence-electron chi connectivity index (χ2n) is 6.03. The molecule has 1 amide bonds. The van der Waals surface area contributed by atoms with Gasteiger partial charge in [0.15, 0.2) is 5.82 Å². The summed E-state index contributed by atoms with van der Waals surface area (Å²) in [6.45, 7) is 3.63. The Morgan fingerprint density at radius 2 is 2.21 bits per heavy atom. The summed E-state index contributed by atoms with van der Waals surface area (Å²) < 4.78 is 5.05. The van der Waals surface area contributed by atoms with E-state index in [0.29, 0.717) is 24.8 Å². The SMILES string of the molecule is Cc1nc([C@@H]2CCCN2CC(=O)NCCc2ccc(Cl)cc2)no1. The van der Waals surface area contributed by atoms with Crippen LogP contribution in [0.15, 0.2) is 28.8 Å². The first-order chi connectivity index (χ1) is 11.6. The molecule has 1 aliphatic rings. The molecule has 0 saturated carbocycles. The Morgan fingerprint density at radius 3 is 2.92 bits per heavy atom. The molecule has 1 aromatic carbocycles. The lowest BCUT2D eigenvalue weighted by Crippen LogP contribution is -2.38. The lowest BCUT2D eigenvalue weighted by molar-refractivity contribution is -0.122. The van der Waals surface area contributed by atoms with Gasteiger partial charge in [0.2, 0.25) is 11.8 Å². The van der Waals surface area contributed by atoms with Crippen molar-refractivity contribution in [3.8, 4) is 0 Å². The molecule has 1 N–H and O–H groups in total. The average molecular weight is 349 g/mol. The van der Waals surface area contributed by atoms with Crippen molar-refractivity contribution >= 4 is 17.5 Å². The molecule has 1 fully saturated rings. The highest BCUT2D eigenvalue weighted by Gasteiger charge is 2.30. The lowest BCUT2D eigenvalue weighted by Gasteiger charge is -2.21. The molecule has 0 bridgehead atoms. The molecule has 0 unspecified atom stereocenters. The van der Waals surface area contributed by atoms with Gasteiger partial charge in [0.25, 0.3) is 0 Å². The monoisotopic (exact) mass is 348 g/mol. The van der Waals surface area contributed by atoms with E-state index in [1.54, 1.807) is 6.92 Å². The Hall–Kier alpha value is -1.92. The standard InChI is InChI=1S/C17H21ClN4O2/c1-12-20-17(21-24-12)15-3-2-10-22(15)11-16(23)19-9-8-13-4-6-14(18)7-5-13/h4-7,15H,2-3,8-11H2,1H3,(H,19,23)/t15-/m0/s1. The number of nitrogens with one attached hydrogen (secondary N) is 1. The molecule has 1 aliphatic heterocycles. The van der Waals surface area contributed by atoms with E-state index in [1.165, 1.54) is 0 Å². The van der Waals surface area contributed by atoms with Crippen LogP contribution in [-0.4, -0.2) is 40.6 Å². The van der Waals surface area contributed by atoms with Gasteiger partial charge >= 0.3 is 0 Å². The van der Waals surface area contributed by atoms with Gasteiger partial charge in [-0.05, 0) is 43.5 Å². The van der Waals surface area contributed by atoms with Gasteiger partial charge in [-0.1, -0.05) is 28.9 Å². The molecule has 6 nitrogen and oxygen atoms in total. The fraction of sp³-hybridized carbons (Fsp3) is 0.471. The van der Waals surface area contributed by atoms with E-state index in [2.05, 4.69) is 20.4 Å². The van der Waals surface area contributed by atoms with Crippen LogP contribution >= 0.6 is 11.6 Å². The van der Waals surface area contributed by atoms with Crippen molar-refractivity contribution in [2.24, 2.45) is 0 Å². The highest BCUT2D eigenvalue weighted by Crippen LogP contribution is 2.29. The summed E-state index contributed by atoms with van der Waals surface area (Å²) in [4.78, 5) is 18.6. The van der Waals surface area contributed by atoms with Gasteiger partial charge in [0.05, 0.1) is 12.6 Å². The third-order valence-electron chi connectivity index (χ3n) is 4.20. The Balaban J connectivity index is 1.46. The van der Waals surface area contributed by atoms with E-state index in [-0.39, 0.29) is 11.9 Å². The van der Waals surface area contributed by atoms with Crippen LogP contribution in [0.25, 0.3) is 0 Å². The smallest absolute Gasteiger partial charge is 0.234 e. The van der Waals surface area contributed by atoms with Gasteiger partial charge in [0.1, 0.15) is 0 Å². The summed E-state index contributed by atoms with van der Waals surface area (Å²) >= 11 is 5.86. The van der Waals surface area contributed by atoms with Crippen LogP contribution in [0.4, 0.5) is 0 Å². The molecule has 1 atom stereocenters. The largest absolute Gasteiger partial charge is 0.355 e. The minimum atomic E-state index is 0.0241. The summed E-state index contributed by atoms with van der Waals surface area (Å²) in [5.74, 6) is 1.26. The van der Waals surface area contributed by atoms with Crippen molar-refractivity contribution in [1.29, 1.82) is 0 Å². The third-order valence-corrected chi connectivity index (χ3v) is 4.45. The zero-order chi connectivity index (χ0) is 16.9. The van der Waals surface area contributed by atoms with Crippen LogP contribution < -0.4 is 5.32 Å². The maximum Gasteiger partial charge on any atom is 0.234 e. The first-order valence-electron chi connectivity index (χ1n) is 8.17. The van der Waals surface area contributed by atoms with E-state index in [4.69, 9.17) is 16.1 Å². The number of carbonyl (C=O) groups is 1. The number of hydrogen-bond donors (Lipinski definition) is 1. The highest BCUT2D eigenvalue weighted by atomic mass is 35.5. The zero-order valence-electron chi connectivity index (χ0n) is 13.7. The quantitative estimate of drug-likeness (QED) is 0.868. The van der Waals surface area contributed by atoms with Gasteiger partial charge in [-0.15, -0.1) is 0 Å². The van der Waals surface area contributed by atoms with Crippen LogP contribution in [0.1, 0.15) is 36.2 Å². The molecule has 0 radical (unpaired) electrons. The second kappa shape index (κ2) is 7.77. The van der Waals surface area contributed by atoms with Gasteiger partial charge in [-0.3, -0.25) is 9.69 Å². The summed E-state index contributed by atoms with van der Waals surface area (Å²) in [6, 6.07) is 7.75. The molecule has 2 aromatic rings. The van der Waals surface area contributed by atoms with Crippen molar-refractivity contribution in [2.75, 3.05) is 19.6 Å². The van der Waals surface area contributed by atoms with Crippen LogP contribution in [0, 0.1) is 6.92 Å². The highest BCUT2D eigenvalue weighted by molar-refractivity contribution is 6.30. The molecule has 128 valence electrons. The Kier molecular flexibility index (Phi) is 5.48. The number of aryl methyl sites for hydroxylation is 1. The van der Waals surface area contributed by atoms with Gasteiger partial charge in [-0.25, -0.2) is 0 Å². The molecule has 0 spiro atoms. The molecular formula is C17H21ClN4O2. The molecule has 1 aromatic heterocycles. The van der Waals surface area contributed by atoms with Crippen molar-refractivity contribution in [1.82, 2.24) is 20.4 Å². The Labute approximate surface area is 146 Å². The fourth-order valence-corrected chi connectivity index (χ4v) is 3.12. The summed E-state index contributed by atoms with van der Waals surface area (Å²) in [5.41, 5.74) is 1.15. The van der Waals surface area contributed by atoms with Crippen molar-refractivity contribution in [3.05, 3.63) is 46.6 Å². The number of likely N-dealkylation sites (tertiary alicyclic amines) is 1. The second-order valence-corrected chi connectivity index (χ2v) is 6.46. The number of aromatic nitrogens is 2. The van der Waals surface area contributed by atoms with Crippen LogP contribution in [0.3, 0.4) is 0 Å². The lowest BCUT2D eigenvalue weighted by atomic mass is 10.1. The van der Waals surface area contributed by atoms with Crippen LogP contribution in [0.5, 0.6) is 0 Å². The fourth-order valence-electron chi connectivity index (χ4n) is 3.00. The number of halogens is 1. The van der Waals surface area contributed by atoms with Crippen molar-refractivity contribution in [2.45, 2.75) is 32.2 Å². The zero-order valence-corrected chi connectivity index (χ0v) is 14.4. The predicted molar refractivity (Wildman–Crippen MR) is 90.7 cm³/mol. The average Bonchev–Trinajstić information content (AvgIpc) is 3.18. The topological polar surface area (TPSA) is 71.3 Å². The number of amides is 1. The summed E-state index contributed by atoms with van der Waals surface area (Å²) in [7, 11) is 0. The van der Waals surface area contributed by atoms with Gasteiger partial charge < -0.3 is 9.84 Å². The normalized spacial score (nSPS) is 18.0. The van der Waals surface area contributed by atoms with Crippen molar-refractivity contribution in [3.63, 3.8) is 0 Å². The number of rotatable bonds is 6. The Morgan fingerprint density at radius 1 is 1.42 bits per heavy atom. The van der Waals surface area contributed by atoms with Gasteiger partial charge in [0, 0.05) is 18.5 Å². The Bertz CT molecular complexity index is 686. The maximum atomic E-state index is 12.2. The first kappa shape index (κ1) is 16.9. The molecule has 0 aliphatic carbocycles. The van der Waals surface area contributed by atoms with E-state index in [1.807, 2.05) is 24.3 Å². The maximum absolute atomic E-state index is 12.2. The summed E-state index contributed by atoms with van der Waals surface area (Å²) in [6.07, 6.45) is 2.78. The van der Waals surface area contributed by atoms with Crippen molar-refractivity contribution < 1.29 is 9.32 Å². The minimum absolute atomic E-state index is 0.0241. The van der Waals surface area contributed by atoms with Gasteiger partial charge in [-0.2, -0.15) is 4.98 Å². The third kappa shape index (κ3) is 4.33. The number of carbonyl (C=O) groups excluding carboxylic acids is 1. The van der Waals surface area contributed by atoms with E-state index < -0.39 is 0 Å². The molecular weight excluding hydrogens is 328 g/mol. The predicted octanol–water partition coefficient (Wildman–Crippen LogP) is 2.53. The molecule has 2 heterocycles. The summed E-state index contributed by atoms with van der Waals surface area (Å²) in [5, 5.41) is 7.69.